The van der Waals surface area contributed by atoms with Crippen LogP contribution in [0, 0.1) is 0 Å². The monoisotopic (exact) mass is 314 g/mol. The summed E-state index contributed by atoms with van der Waals surface area (Å²) in [6.07, 6.45) is 4.24. The van der Waals surface area contributed by atoms with Crippen LogP contribution in [0.3, 0.4) is 0 Å². The highest BCUT2D eigenvalue weighted by Gasteiger charge is 2.23. The van der Waals surface area contributed by atoms with Gasteiger partial charge in [0.2, 0.25) is 5.91 Å². The molecule has 6 heteroatoms. The molecule has 0 fully saturated rings. The average molecular weight is 314 g/mol. The zero-order valence-corrected chi connectivity index (χ0v) is 13.5. The Morgan fingerprint density at radius 2 is 2.18 bits per heavy atom. The van der Waals surface area contributed by atoms with Gasteiger partial charge in [-0.25, -0.2) is 4.98 Å². The Morgan fingerprint density at radius 3 is 2.86 bits per heavy atom. The number of carbonyl (C=O) groups excluding carboxylic acids is 1. The predicted octanol–water partition coefficient (Wildman–Crippen LogP) is 3.10. The van der Waals surface area contributed by atoms with E-state index < -0.39 is 0 Å². The topological polar surface area (TPSA) is 51.0 Å². The zero-order chi connectivity index (χ0) is 15.5. The van der Waals surface area contributed by atoms with Crippen molar-refractivity contribution < 1.29 is 4.79 Å². The first kappa shape index (κ1) is 14.7. The SMILES string of the molecule is CCC(C(=O)N(C)Cc1nc2ccccc2s1)n1cccn1. The molecule has 0 spiro atoms. The highest BCUT2D eigenvalue weighted by molar-refractivity contribution is 7.18. The van der Waals surface area contributed by atoms with Gasteiger partial charge >= 0.3 is 0 Å². The number of hydrogen-bond acceptors (Lipinski definition) is 4. The first-order valence-corrected chi connectivity index (χ1v) is 8.09. The van der Waals surface area contributed by atoms with E-state index in [4.69, 9.17) is 0 Å². The fourth-order valence-electron chi connectivity index (χ4n) is 2.46. The molecule has 0 aliphatic heterocycles. The summed E-state index contributed by atoms with van der Waals surface area (Å²) >= 11 is 1.63. The molecule has 0 N–H and O–H groups in total. The molecule has 0 aliphatic carbocycles. The van der Waals surface area contributed by atoms with E-state index >= 15 is 0 Å². The van der Waals surface area contributed by atoms with Gasteiger partial charge in [0.25, 0.3) is 0 Å². The number of benzene rings is 1. The van der Waals surface area contributed by atoms with Crippen LogP contribution in [0.1, 0.15) is 24.4 Å². The minimum Gasteiger partial charge on any atom is -0.337 e. The molecular formula is C16H18N4OS. The maximum Gasteiger partial charge on any atom is 0.247 e. The number of para-hydroxylation sites is 1. The lowest BCUT2D eigenvalue weighted by Crippen LogP contribution is -2.34. The van der Waals surface area contributed by atoms with E-state index in [1.807, 2.05) is 44.4 Å². The second-order valence-corrected chi connectivity index (χ2v) is 6.29. The molecule has 0 aliphatic rings. The first-order valence-electron chi connectivity index (χ1n) is 7.27. The van der Waals surface area contributed by atoms with Gasteiger partial charge in [0.15, 0.2) is 0 Å². The molecule has 1 atom stereocenters. The number of carbonyl (C=O) groups is 1. The number of rotatable bonds is 5. The Balaban J connectivity index is 1.75. The Labute approximate surface area is 133 Å². The standard InChI is InChI=1S/C16H18N4OS/c1-3-13(20-10-6-9-17-20)16(21)19(2)11-15-18-12-7-4-5-8-14(12)22-15/h4-10,13H,3,11H2,1-2H3. The van der Waals surface area contributed by atoms with Gasteiger partial charge in [-0.15, -0.1) is 11.3 Å². The van der Waals surface area contributed by atoms with Crippen LogP contribution in [0.15, 0.2) is 42.7 Å². The summed E-state index contributed by atoms with van der Waals surface area (Å²) in [5.41, 5.74) is 0.988. The van der Waals surface area contributed by atoms with Crippen LogP contribution < -0.4 is 0 Å². The van der Waals surface area contributed by atoms with Gasteiger partial charge in [-0.3, -0.25) is 9.48 Å². The molecule has 2 heterocycles. The van der Waals surface area contributed by atoms with E-state index in [0.717, 1.165) is 15.2 Å². The summed E-state index contributed by atoms with van der Waals surface area (Å²) in [6, 6.07) is 9.61. The Kier molecular flexibility index (Phi) is 4.20. The van der Waals surface area contributed by atoms with E-state index in [0.29, 0.717) is 13.0 Å². The number of likely N-dealkylation sites (N-methyl/N-ethyl adjacent to an activating group) is 1. The van der Waals surface area contributed by atoms with Gasteiger partial charge in [0.1, 0.15) is 11.0 Å². The van der Waals surface area contributed by atoms with Crippen molar-refractivity contribution >= 4 is 27.5 Å². The van der Waals surface area contributed by atoms with Crippen LogP contribution in [0.2, 0.25) is 0 Å². The van der Waals surface area contributed by atoms with E-state index in [1.165, 1.54) is 0 Å². The van der Waals surface area contributed by atoms with Crippen LogP contribution in [-0.2, 0) is 11.3 Å². The first-order chi connectivity index (χ1) is 10.7. The number of hydrogen-bond donors (Lipinski definition) is 0. The number of thiazole rings is 1. The summed E-state index contributed by atoms with van der Waals surface area (Å²) in [5, 5.41) is 5.14. The minimum absolute atomic E-state index is 0.0606. The third kappa shape index (κ3) is 2.87. The number of amides is 1. The van der Waals surface area contributed by atoms with Crippen LogP contribution >= 0.6 is 11.3 Å². The predicted molar refractivity (Wildman–Crippen MR) is 87.6 cm³/mol. The summed E-state index contributed by atoms with van der Waals surface area (Å²) in [6.45, 7) is 2.52. The van der Waals surface area contributed by atoms with Crippen molar-refractivity contribution in [3.63, 3.8) is 0 Å². The van der Waals surface area contributed by atoms with Crippen molar-refractivity contribution in [2.75, 3.05) is 7.05 Å². The third-order valence-electron chi connectivity index (χ3n) is 3.60. The smallest absolute Gasteiger partial charge is 0.247 e. The van der Waals surface area contributed by atoms with Crippen molar-refractivity contribution in [2.24, 2.45) is 0 Å². The molecule has 3 rings (SSSR count). The van der Waals surface area contributed by atoms with Crippen molar-refractivity contribution in [1.82, 2.24) is 19.7 Å². The van der Waals surface area contributed by atoms with E-state index in [-0.39, 0.29) is 11.9 Å². The Bertz CT molecular complexity index is 732. The quantitative estimate of drug-likeness (QED) is 0.727. The van der Waals surface area contributed by atoms with Crippen LogP contribution in [0.5, 0.6) is 0 Å². The van der Waals surface area contributed by atoms with Crippen molar-refractivity contribution in [2.45, 2.75) is 25.9 Å². The fourth-order valence-corrected chi connectivity index (χ4v) is 3.48. The van der Waals surface area contributed by atoms with Gasteiger partial charge in [-0.2, -0.15) is 5.10 Å². The highest BCUT2D eigenvalue weighted by atomic mass is 32.1. The van der Waals surface area contributed by atoms with Crippen molar-refractivity contribution in [3.8, 4) is 0 Å². The molecule has 0 bridgehead atoms. The zero-order valence-electron chi connectivity index (χ0n) is 12.6. The molecule has 5 nitrogen and oxygen atoms in total. The maximum absolute atomic E-state index is 12.6. The molecule has 1 amide bonds. The van der Waals surface area contributed by atoms with Gasteiger partial charge in [0, 0.05) is 19.4 Å². The lowest BCUT2D eigenvalue weighted by atomic mass is 10.2. The summed E-state index contributed by atoms with van der Waals surface area (Å²) in [5.74, 6) is 0.0606. The minimum atomic E-state index is -0.255. The summed E-state index contributed by atoms with van der Waals surface area (Å²) in [4.78, 5) is 18.9. The van der Waals surface area contributed by atoms with Gasteiger partial charge in [-0.1, -0.05) is 19.1 Å². The fraction of sp³-hybridized carbons (Fsp3) is 0.312. The second-order valence-electron chi connectivity index (χ2n) is 5.18. The van der Waals surface area contributed by atoms with Crippen LogP contribution in [0.4, 0.5) is 0 Å². The molecule has 114 valence electrons. The normalized spacial score (nSPS) is 12.5. The lowest BCUT2D eigenvalue weighted by molar-refractivity contribution is -0.134. The van der Waals surface area contributed by atoms with Crippen LogP contribution in [-0.4, -0.2) is 32.6 Å². The Hall–Kier alpha value is -2.21. The van der Waals surface area contributed by atoms with Crippen molar-refractivity contribution in [3.05, 3.63) is 47.7 Å². The van der Waals surface area contributed by atoms with Crippen molar-refractivity contribution in [1.29, 1.82) is 0 Å². The molecule has 2 aromatic heterocycles. The number of aromatic nitrogens is 3. The molecule has 0 radical (unpaired) electrons. The number of fused-ring (bicyclic) bond motifs is 1. The average Bonchev–Trinajstić information content (AvgIpc) is 3.16. The molecular weight excluding hydrogens is 296 g/mol. The van der Waals surface area contributed by atoms with Gasteiger partial charge < -0.3 is 4.90 Å². The maximum atomic E-state index is 12.6. The largest absolute Gasteiger partial charge is 0.337 e. The molecule has 3 aromatic rings. The third-order valence-corrected chi connectivity index (χ3v) is 4.62. The lowest BCUT2D eigenvalue weighted by Gasteiger charge is -2.22. The molecule has 0 saturated heterocycles. The molecule has 1 unspecified atom stereocenters. The van der Waals surface area contributed by atoms with E-state index in [9.17, 15) is 4.79 Å². The van der Waals surface area contributed by atoms with E-state index in [2.05, 4.69) is 16.1 Å². The summed E-state index contributed by atoms with van der Waals surface area (Å²) in [7, 11) is 1.82. The Morgan fingerprint density at radius 1 is 1.36 bits per heavy atom. The van der Waals surface area contributed by atoms with E-state index in [1.54, 1.807) is 27.1 Å². The second kappa shape index (κ2) is 6.27. The van der Waals surface area contributed by atoms with Gasteiger partial charge in [0.05, 0.1) is 16.8 Å². The van der Waals surface area contributed by atoms with Crippen LogP contribution in [0.25, 0.3) is 10.2 Å². The summed E-state index contributed by atoms with van der Waals surface area (Å²) < 4.78 is 2.87. The van der Waals surface area contributed by atoms with Gasteiger partial charge in [-0.05, 0) is 24.6 Å². The molecule has 0 saturated carbocycles. The number of nitrogens with zero attached hydrogens (tertiary/aromatic N) is 4. The molecule has 22 heavy (non-hydrogen) atoms. The molecule has 1 aromatic carbocycles. The highest BCUT2D eigenvalue weighted by Crippen LogP contribution is 2.23.